The van der Waals surface area contributed by atoms with Gasteiger partial charge < -0.3 is 4.74 Å². The van der Waals surface area contributed by atoms with Crippen molar-refractivity contribution in [3.8, 4) is 10.9 Å². The predicted octanol–water partition coefficient (Wildman–Crippen LogP) is 4.07. The van der Waals surface area contributed by atoms with Crippen LogP contribution in [0.3, 0.4) is 0 Å². The first-order valence-corrected chi connectivity index (χ1v) is 6.73. The highest BCUT2D eigenvalue weighted by Crippen LogP contribution is 2.36. The first-order chi connectivity index (χ1) is 9.01. The van der Waals surface area contributed by atoms with Crippen LogP contribution < -0.4 is 4.74 Å². The fraction of sp³-hybridized carbons (Fsp3) is 0. The molecule has 1 aromatic heterocycles. The summed E-state index contributed by atoms with van der Waals surface area (Å²) < 4.78 is 5.90. The standard InChI is InChI=1S/C10H4BrClN2O4S/c11-6-2-1-5(14(16)17)3-7(6)18-10-13-9(12)8(4-15)19-10/h1-4H. The van der Waals surface area contributed by atoms with E-state index in [9.17, 15) is 14.9 Å². The number of thiazole rings is 1. The largest absolute Gasteiger partial charge is 0.429 e. The molecule has 2 aromatic rings. The molecule has 0 aliphatic rings. The quantitative estimate of drug-likeness (QED) is 0.464. The molecule has 0 N–H and O–H groups in total. The molecule has 98 valence electrons. The SMILES string of the molecule is O=Cc1sc(Oc2cc([N+](=O)[O-])ccc2Br)nc1Cl. The number of aldehydes is 1. The summed E-state index contributed by atoms with van der Waals surface area (Å²) in [6, 6.07) is 4.08. The monoisotopic (exact) mass is 362 g/mol. The van der Waals surface area contributed by atoms with Gasteiger partial charge in [0.1, 0.15) is 4.88 Å². The molecule has 0 radical (unpaired) electrons. The highest BCUT2D eigenvalue weighted by Gasteiger charge is 2.15. The molecule has 9 heteroatoms. The van der Waals surface area contributed by atoms with Crippen molar-refractivity contribution in [2.24, 2.45) is 0 Å². The summed E-state index contributed by atoms with van der Waals surface area (Å²) in [6.07, 6.45) is 0.565. The third-order valence-electron chi connectivity index (χ3n) is 2.02. The van der Waals surface area contributed by atoms with E-state index < -0.39 is 4.92 Å². The lowest BCUT2D eigenvalue weighted by Gasteiger charge is -2.03. The number of rotatable bonds is 4. The summed E-state index contributed by atoms with van der Waals surface area (Å²) in [4.78, 5) is 24.8. The van der Waals surface area contributed by atoms with Crippen molar-refractivity contribution in [2.75, 3.05) is 0 Å². The molecule has 0 aliphatic heterocycles. The Labute approximate surface area is 124 Å². The molecule has 1 aromatic carbocycles. The second-order valence-electron chi connectivity index (χ2n) is 3.23. The Morgan fingerprint density at radius 2 is 2.26 bits per heavy atom. The van der Waals surface area contributed by atoms with Gasteiger partial charge in [0.15, 0.2) is 17.2 Å². The van der Waals surface area contributed by atoms with Gasteiger partial charge in [-0.2, -0.15) is 4.98 Å². The highest BCUT2D eigenvalue weighted by atomic mass is 79.9. The molecule has 0 fully saturated rings. The smallest absolute Gasteiger partial charge is 0.280 e. The van der Waals surface area contributed by atoms with Crippen LogP contribution >= 0.6 is 38.9 Å². The lowest BCUT2D eigenvalue weighted by molar-refractivity contribution is -0.384. The first-order valence-electron chi connectivity index (χ1n) is 4.74. The number of ether oxygens (including phenoxy) is 1. The highest BCUT2D eigenvalue weighted by molar-refractivity contribution is 9.10. The molecule has 0 bridgehead atoms. The van der Waals surface area contributed by atoms with Crippen LogP contribution in [0.1, 0.15) is 9.67 Å². The zero-order valence-corrected chi connectivity index (χ0v) is 12.2. The maximum absolute atomic E-state index is 10.7. The number of benzene rings is 1. The minimum Gasteiger partial charge on any atom is -0.429 e. The third kappa shape index (κ3) is 3.09. The van der Waals surface area contributed by atoms with Gasteiger partial charge in [-0.25, -0.2) is 0 Å². The number of hydrogen-bond donors (Lipinski definition) is 0. The summed E-state index contributed by atoms with van der Waals surface area (Å²) in [5.74, 6) is 0.220. The Bertz CT molecular complexity index is 661. The van der Waals surface area contributed by atoms with Crippen LogP contribution in [0.15, 0.2) is 22.7 Å². The van der Waals surface area contributed by atoms with Gasteiger partial charge in [0.05, 0.1) is 15.5 Å². The molecule has 6 nitrogen and oxygen atoms in total. The first kappa shape index (κ1) is 13.9. The average molecular weight is 364 g/mol. The van der Waals surface area contributed by atoms with Gasteiger partial charge in [-0.05, 0) is 22.0 Å². The van der Waals surface area contributed by atoms with Crippen molar-refractivity contribution in [2.45, 2.75) is 0 Å². The fourth-order valence-corrected chi connectivity index (χ4v) is 2.44. The third-order valence-corrected chi connectivity index (χ3v) is 3.93. The van der Waals surface area contributed by atoms with Gasteiger partial charge in [-0.3, -0.25) is 14.9 Å². The van der Waals surface area contributed by atoms with Gasteiger partial charge >= 0.3 is 0 Å². The number of halogens is 2. The molecule has 0 amide bonds. The molecule has 1 heterocycles. The van der Waals surface area contributed by atoms with Gasteiger partial charge in [-0.1, -0.05) is 22.9 Å². The van der Waals surface area contributed by atoms with E-state index >= 15 is 0 Å². The maximum atomic E-state index is 10.7. The summed E-state index contributed by atoms with van der Waals surface area (Å²) in [7, 11) is 0. The number of hydrogen-bond acceptors (Lipinski definition) is 6. The number of carbonyl (C=O) groups excluding carboxylic acids is 1. The van der Waals surface area contributed by atoms with Crippen molar-refractivity contribution in [3.63, 3.8) is 0 Å². The summed E-state index contributed by atoms with van der Waals surface area (Å²) in [6.45, 7) is 0. The van der Waals surface area contributed by atoms with Crippen LogP contribution in [0.5, 0.6) is 10.9 Å². The lowest BCUT2D eigenvalue weighted by Crippen LogP contribution is -1.90. The van der Waals surface area contributed by atoms with Crippen molar-refractivity contribution in [3.05, 3.63) is 42.8 Å². The molecular weight excluding hydrogens is 360 g/mol. The molecule has 0 atom stereocenters. The fourth-order valence-electron chi connectivity index (χ4n) is 1.19. The molecule has 0 unspecified atom stereocenters. The van der Waals surface area contributed by atoms with Crippen molar-refractivity contribution in [1.29, 1.82) is 0 Å². The van der Waals surface area contributed by atoms with E-state index in [1.165, 1.54) is 18.2 Å². The number of aromatic nitrogens is 1. The molecule has 0 aliphatic carbocycles. The number of carbonyl (C=O) groups is 1. The van der Waals surface area contributed by atoms with E-state index in [4.69, 9.17) is 16.3 Å². The summed E-state index contributed by atoms with van der Waals surface area (Å²) in [5, 5.41) is 10.8. The second-order valence-corrected chi connectivity index (χ2v) is 5.43. The molecule has 19 heavy (non-hydrogen) atoms. The average Bonchev–Trinajstić information content (AvgIpc) is 2.72. The van der Waals surface area contributed by atoms with Gasteiger partial charge in [0.2, 0.25) is 0 Å². The van der Waals surface area contributed by atoms with Crippen LogP contribution in [-0.2, 0) is 0 Å². The Morgan fingerprint density at radius 1 is 1.53 bits per heavy atom. The zero-order valence-electron chi connectivity index (χ0n) is 9.00. The topological polar surface area (TPSA) is 82.3 Å². The van der Waals surface area contributed by atoms with Crippen LogP contribution in [-0.4, -0.2) is 16.2 Å². The molecule has 0 spiro atoms. The van der Waals surface area contributed by atoms with Gasteiger partial charge in [0.25, 0.3) is 10.9 Å². The van der Waals surface area contributed by atoms with Crippen LogP contribution in [0.25, 0.3) is 0 Å². The van der Waals surface area contributed by atoms with Gasteiger partial charge in [-0.15, -0.1) is 0 Å². The minimum absolute atomic E-state index is 0.0385. The molecule has 2 rings (SSSR count). The van der Waals surface area contributed by atoms with Crippen LogP contribution in [0.2, 0.25) is 5.15 Å². The molecule has 0 saturated carbocycles. The Kier molecular flexibility index (Phi) is 4.13. The zero-order chi connectivity index (χ0) is 14.0. The number of nitrogens with zero attached hydrogens (tertiary/aromatic N) is 2. The van der Waals surface area contributed by atoms with E-state index in [1.54, 1.807) is 0 Å². The number of nitro benzene ring substituents is 1. The lowest BCUT2D eigenvalue weighted by atomic mass is 10.3. The minimum atomic E-state index is -0.537. The number of non-ortho nitro benzene ring substituents is 1. The molecule has 0 saturated heterocycles. The molecular formula is C10H4BrClN2O4S. The van der Waals surface area contributed by atoms with Crippen LogP contribution in [0, 0.1) is 10.1 Å². The number of nitro groups is 1. The van der Waals surface area contributed by atoms with E-state index in [0.29, 0.717) is 10.8 Å². The predicted molar refractivity (Wildman–Crippen MR) is 73.4 cm³/mol. The van der Waals surface area contributed by atoms with Crippen molar-refractivity contribution < 1.29 is 14.5 Å². The van der Waals surface area contributed by atoms with E-state index in [2.05, 4.69) is 20.9 Å². The van der Waals surface area contributed by atoms with Crippen molar-refractivity contribution in [1.82, 2.24) is 4.98 Å². The Morgan fingerprint density at radius 3 is 2.84 bits per heavy atom. The summed E-state index contributed by atoms with van der Waals surface area (Å²) in [5.41, 5.74) is -0.114. The summed E-state index contributed by atoms with van der Waals surface area (Å²) >= 11 is 9.86. The van der Waals surface area contributed by atoms with Crippen LogP contribution in [0.4, 0.5) is 5.69 Å². The van der Waals surface area contributed by atoms with E-state index in [1.807, 2.05) is 0 Å². The van der Waals surface area contributed by atoms with E-state index in [-0.39, 0.29) is 26.7 Å². The Balaban J connectivity index is 2.34. The second kappa shape index (κ2) is 5.64. The Hall–Kier alpha value is -1.51. The van der Waals surface area contributed by atoms with E-state index in [0.717, 1.165) is 11.3 Å². The maximum Gasteiger partial charge on any atom is 0.280 e. The van der Waals surface area contributed by atoms with Crippen molar-refractivity contribution >= 4 is 50.8 Å². The normalized spacial score (nSPS) is 10.2. The van der Waals surface area contributed by atoms with Gasteiger partial charge in [0, 0.05) is 6.07 Å².